The molecule has 0 bridgehead atoms. The van der Waals surface area contributed by atoms with Crippen LogP contribution < -0.4 is 0 Å². The summed E-state index contributed by atoms with van der Waals surface area (Å²) in [5, 5.41) is 0. The van der Waals surface area contributed by atoms with Gasteiger partial charge in [0.1, 0.15) is 0 Å². The molecular weight excluding hydrogens is 288 g/mol. The normalized spacial score (nSPS) is 23.2. The summed E-state index contributed by atoms with van der Waals surface area (Å²) in [4.78, 5) is 0. The van der Waals surface area contributed by atoms with Crippen molar-refractivity contribution >= 4 is 0 Å². The Morgan fingerprint density at radius 1 is 0.917 bits per heavy atom. The molecule has 2 aliphatic rings. The second-order valence-electron chi connectivity index (χ2n) is 8.61. The van der Waals surface area contributed by atoms with Gasteiger partial charge in [-0.05, 0) is 84.7 Å². The van der Waals surface area contributed by atoms with Crippen molar-refractivity contribution in [3.8, 4) is 0 Å². The van der Waals surface area contributed by atoms with Gasteiger partial charge in [-0.1, -0.05) is 65.2 Å². The molecule has 2 aliphatic carbocycles. The van der Waals surface area contributed by atoms with E-state index in [2.05, 4.69) is 39.8 Å². The number of aryl methyl sites for hydroxylation is 3. The van der Waals surface area contributed by atoms with Crippen LogP contribution in [0, 0.1) is 37.8 Å². The first-order valence-corrected chi connectivity index (χ1v) is 10.5. The fourth-order valence-electron chi connectivity index (χ4n) is 5.63. The van der Waals surface area contributed by atoms with E-state index in [4.69, 9.17) is 0 Å². The Labute approximate surface area is 150 Å². The van der Waals surface area contributed by atoms with E-state index in [0.717, 1.165) is 18.3 Å². The average molecular weight is 325 g/mol. The predicted octanol–water partition coefficient (Wildman–Crippen LogP) is 6.88. The first-order chi connectivity index (χ1) is 11.6. The van der Waals surface area contributed by atoms with Crippen LogP contribution in [0.25, 0.3) is 0 Å². The van der Waals surface area contributed by atoms with E-state index >= 15 is 0 Å². The molecule has 0 amide bonds. The van der Waals surface area contributed by atoms with Gasteiger partial charge in [0.15, 0.2) is 0 Å². The van der Waals surface area contributed by atoms with Crippen LogP contribution in [0.4, 0.5) is 0 Å². The number of benzene rings is 1. The maximum absolute atomic E-state index is 3.89. The van der Waals surface area contributed by atoms with E-state index in [1.807, 2.05) is 0 Å². The minimum Gasteiger partial charge on any atom is -0.0614 e. The van der Waals surface area contributed by atoms with E-state index in [1.54, 1.807) is 5.56 Å². The SMILES string of the molecule is CCc1[c]c(C)c(C)[c]c1C1(C(C)C2CCCCC2)CCCCC1. The van der Waals surface area contributed by atoms with E-state index in [9.17, 15) is 0 Å². The third-order valence-electron chi connectivity index (χ3n) is 7.34. The third kappa shape index (κ3) is 3.31. The lowest BCUT2D eigenvalue weighted by atomic mass is 9.56. The van der Waals surface area contributed by atoms with Crippen LogP contribution in [0.1, 0.15) is 100 Å². The molecule has 2 saturated carbocycles. The summed E-state index contributed by atoms with van der Waals surface area (Å²) in [6.07, 6.45) is 15.4. The van der Waals surface area contributed by atoms with E-state index in [1.165, 1.54) is 80.9 Å². The largest absolute Gasteiger partial charge is 0.0614 e. The lowest BCUT2D eigenvalue weighted by molar-refractivity contribution is 0.119. The maximum Gasteiger partial charge on any atom is -0.000955 e. The van der Waals surface area contributed by atoms with Crippen LogP contribution in [-0.2, 0) is 11.8 Å². The van der Waals surface area contributed by atoms with E-state index < -0.39 is 0 Å². The minimum absolute atomic E-state index is 0.376. The topological polar surface area (TPSA) is 0 Å². The molecule has 1 aromatic carbocycles. The Hall–Kier alpha value is -0.780. The Balaban J connectivity index is 2.04. The highest BCUT2D eigenvalue weighted by Gasteiger charge is 2.43. The summed E-state index contributed by atoms with van der Waals surface area (Å²) in [7, 11) is 0. The summed E-state index contributed by atoms with van der Waals surface area (Å²) in [5.74, 6) is 1.73. The molecule has 0 aromatic heterocycles. The molecule has 0 nitrogen and oxygen atoms in total. The monoisotopic (exact) mass is 324 g/mol. The van der Waals surface area contributed by atoms with Crippen molar-refractivity contribution in [1.29, 1.82) is 0 Å². The first kappa shape index (κ1) is 18.0. The van der Waals surface area contributed by atoms with Crippen LogP contribution in [-0.4, -0.2) is 0 Å². The molecule has 0 N–H and O–H groups in total. The van der Waals surface area contributed by atoms with Crippen LogP contribution in [0.3, 0.4) is 0 Å². The number of hydrogen-bond acceptors (Lipinski definition) is 0. The lowest BCUT2D eigenvalue weighted by Gasteiger charge is -2.48. The molecule has 1 aromatic rings. The van der Waals surface area contributed by atoms with Gasteiger partial charge in [0.25, 0.3) is 0 Å². The molecule has 0 saturated heterocycles. The van der Waals surface area contributed by atoms with Gasteiger partial charge in [-0.3, -0.25) is 0 Å². The summed E-state index contributed by atoms with van der Waals surface area (Å²) in [6, 6.07) is 7.64. The molecule has 0 heterocycles. The van der Waals surface area contributed by atoms with Crippen LogP contribution >= 0.6 is 0 Å². The molecule has 3 rings (SSSR count). The smallest absolute Gasteiger partial charge is 0.000955 e. The second-order valence-corrected chi connectivity index (χ2v) is 8.61. The molecule has 0 heteroatoms. The van der Waals surface area contributed by atoms with Gasteiger partial charge < -0.3 is 0 Å². The van der Waals surface area contributed by atoms with Crippen molar-refractivity contribution in [2.45, 2.75) is 104 Å². The molecule has 0 aliphatic heterocycles. The quantitative estimate of drug-likeness (QED) is 0.566. The summed E-state index contributed by atoms with van der Waals surface area (Å²) in [6.45, 7) is 9.33. The molecule has 132 valence electrons. The Kier molecular flexibility index (Phi) is 5.73. The van der Waals surface area contributed by atoms with Gasteiger partial charge in [-0.25, -0.2) is 0 Å². The van der Waals surface area contributed by atoms with Gasteiger partial charge in [0.05, 0.1) is 0 Å². The fraction of sp³-hybridized carbons (Fsp3) is 0.750. The summed E-state index contributed by atoms with van der Waals surface area (Å²) < 4.78 is 0. The minimum atomic E-state index is 0.376. The van der Waals surface area contributed by atoms with Crippen molar-refractivity contribution < 1.29 is 0 Å². The molecule has 2 radical (unpaired) electrons. The van der Waals surface area contributed by atoms with Crippen molar-refractivity contribution in [2.24, 2.45) is 11.8 Å². The Morgan fingerprint density at radius 2 is 1.50 bits per heavy atom. The molecule has 2 fully saturated rings. The average Bonchev–Trinajstić information content (AvgIpc) is 2.64. The molecule has 24 heavy (non-hydrogen) atoms. The van der Waals surface area contributed by atoms with Crippen molar-refractivity contribution in [3.63, 3.8) is 0 Å². The van der Waals surface area contributed by atoms with Crippen LogP contribution in [0.15, 0.2) is 0 Å². The van der Waals surface area contributed by atoms with E-state index in [0.29, 0.717) is 5.41 Å². The molecule has 1 atom stereocenters. The highest BCUT2D eigenvalue weighted by Crippen LogP contribution is 2.51. The molecular formula is C24H36. The maximum atomic E-state index is 3.89. The van der Waals surface area contributed by atoms with Gasteiger partial charge >= 0.3 is 0 Å². The second kappa shape index (κ2) is 7.63. The first-order valence-electron chi connectivity index (χ1n) is 10.5. The van der Waals surface area contributed by atoms with Crippen LogP contribution in [0.2, 0.25) is 0 Å². The van der Waals surface area contributed by atoms with Crippen molar-refractivity contribution in [3.05, 3.63) is 34.4 Å². The van der Waals surface area contributed by atoms with Gasteiger partial charge in [0, 0.05) is 0 Å². The molecule has 0 spiro atoms. The zero-order chi connectivity index (χ0) is 17.2. The third-order valence-corrected chi connectivity index (χ3v) is 7.34. The lowest BCUT2D eigenvalue weighted by Crippen LogP contribution is -2.41. The highest BCUT2D eigenvalue weighted by molar-refractivity contribution is 5.41. The van der Waals surface area contributed by atoms with E-state index in [-0.39, 0.29) is 0 Å². The van der Waals surface area contributed by atoms with Crippen molar-refractivity contribution in [2.75, 3.05) is 0 Å². The number of hydrogen-bond donors (Lipinski definition) is 0. The summed E-state index contributed by atoms with van der Waals surface area (Å²) in [5.41, 5.74) is 6.02. The van der Waals surface area contributed by atoms with Crippen LogP contribution in [0.5, 0.6) is 0 Å². The summed E-state index contributed by atoms with van der Waals surface area (Å²) >= 11 is 0. The van der Waals surface area contributed by atoms with Gasteiger partial charge in [-0.2, -0.15) is 0 Å². The number of rotatable bonds is 4. The zero-order valence-corrected chi connectivity index (χ0v) is 16.4. The van der Waals surface area contributed by atoms with Gasteiger partial charge in [0.2, 0.25) is 0 Å². The Bertz CT molecular complexity index is 541. The predicted molar refractivity (Wildman–Crippen MR) is 103 cm³/mol. The van der Waals surface area contributed by atoms with Crippen molar-refractivity contribution in [1.82, 2.24) is 0 Å². The highest BCUT2D eigenvalue weighted by atomic mass is 14.5. The zero-order valence-electron chi connectivity index (χ0n) is 16.4. The molecule has 1 unspecified atom stereocenters. The van der Waals surface area contributed by atoms with Gasteiger partial charge in [-0.15, -0.1) is 0 Å². The Morgan fingerprint density at radius 3 is 2.12 bits per heavy atom. The standard InChI is InChI=1S/C24H36/c1-5-21-16-18(2)19(3)17-23(21)24(14-10-7-11-15-24)20(4)22-12-8-6-9-13-22/h20,22H,5-15H2,1-4H3. The fourth-order valence-corrected chi connectivity index (χ4v) is 5.63.